The number of carbonyl (C=O) groups excluding carboxylic acids is 1. The quantitative estimate of drug-likeness (QED) is 0.418. The molecule has 24 heavy (non-hydrogen) atoms. The molecular formula is C16H13ClN4O3. The van der Waals surface area contributed by atoms with E-state index in [0.29, 0.717) is 17.1 Å². The topological polar surface area (TPSA) is 101 Å². The van der Waals surface area contributed by atoms with Crippen molar-refractivity contribution in [1.82, 2.24) is 9.97 Å². The van der Waals surface area contributed by atoms with Crippen LogP contribution < -0.4 is 5.32 Å². The number of amides is 1. The van der Waals surface area contributed by atoms with Crippen LogP contribution in [0.1, 0.15) is 6.42 Å². The normalized spacial score (nSPS) is 10.7. The zero-order valence-electron chi connectivity index (χ0n) is 12.5. The number of benzene rings is 2. The minimum Gasteiger partial charge on any atom is -0.338 e. The minimum absolute atomic E-state index is 0.115. The third-order valence-corrected chi connectivity index (χ3v) is 3.64. The lowest BCUT2D eigenvalue weighted by Gasteiger charge is -2.09. The summed E-state index contributed by atoms with van der Waals surface area (Å²) in [6, 6.07) is 11.7. The summed E-state index contributed by atoms with van der Waals surface area (Å²) in [5.41, 5.74) is 2.38. The third-order valence-electron chi connectivity index (χ3n) is 3.45. The van der Waals surface area contributed by atoms with Gasteiger partial charge < -0.3 is 10.3 Å². The van der Waals surface area contributed by atoms with Crippen molar-refractivity contribution in [2.24, 2.45) is 0 Å². The Hall–Kier alpha value is -2.93. The van der Waals surface area contributed by atoms with Crippen molar-refractivity contribution < 1.29 is 9.72 Å². The molecule has 0 aliphatic carbocycles. The number of para-hydroxylation sites is 2. The molecule has 0 saturated carbocycles. The molecule has 0 atom stereocenters. The summed E-state index contributed by atoms with van der Waals surface area (Å²) in [7, 11) is 0. The Balaban J connectivity index is 2.07. The van der Waals surface area contributed by atoms with Crippen LogP contribution in [-0.4, -0.2) is 26.7 Å². The van der Waals surface area contributed by atoms with E-state index >= 15 is 0 Å². The second-order valence-corrected chi connectivity index (χ2v) is 5.45. The number of nitrogens with one attached hydrogen (secondary N) is 2. The number of aromatic nitrogens is 2. The first-order valence-electron chi connectivity index (χ1n) is 7.18. The second kappa shape index (κ2) is 6.67. The Labute approximate surface area is 141 Å². The summed E-state index contributed by atoms with van der Waals surface area (Å²) in [6.07, 6.45) is 0.115. The van der Waals surface area contributed by atoms with E-state index in [9.17, 15) is 14.9 Å². The van der Waals surface area contributed by atoms with Gasteiger partial charge in [-0.15, -0.1) is 11.6 Å². The standard InChI is InChI=1S/C16H13ClN4O3/c17-8-7-15(22)18-14-9-10(21(23)24)5-6-11(14)16-19-12-3-1-2-4-13(12)20-16/h1-6,9H,7-8H2,(H,18,22)(H,19,20). The number of H-pyrrole nitrogens is 1. The van der Waals surface area contributed by atoms with Crippen molar-refractivity contribution in [2.75, 3.05) is 11.2 Å². The summed E-state index contributed by atoms with van der Waals surface area (Å²) in [6.45, 7) is 0. The maximum Gasteiger partial charge on any atom is 0.271 e. The molecule has 7 nitrogen and oxygen atoms in total. The molecule has 0 aliphatic rings. The average Bonchev–Trinajstić information content (AvgIpc) is 2.98. The van der Waals surface area contributed by atoms with Crippen molar-refractivity contribution in [1.29, 1.82) is 0 Å². The van der Waals surface area contributed by atoms with Gasteiger partial charge in [0.25, 0.3) is 5.69 Å². The van der Waals surface area contributed by atoms with Crippen LogP contribution >= 0.6 is 11.6 Å². The van der Waals surface area contributed by atoms with Gasteiger partial charge in [-0.3, -0.25) is 14.9 Å². The number of rotatable bonds is 5. The zero-order valence-corrected chi connectivity index (χ0v) is 13.2. The van der Waals surface area contributed by atoms with Crippen LogP contribution in [0.2, 0.25) is 0 Å². The number of halogens is 1. The zero-order chi connectivity index (χ0) is 17.1. The van der Waals surface area contributed by atoms with Crippen molar-refractivity contribution >= 4 is 39.9 Å². The number of hydrogen-bond acceptors (Lipinski definition) is 4. The Morgan fingerprint density at radius 2 is 2.08 bits per heavy atom. The molecule has 3 aromatic rings. The van der Waals surface area contributed by atoms with Gasteiger partial charge in [0.2, 0.25) is 5.91 Å². The lowest BCUT2D eigenvalue weighted by atomic mass is 10.1. The number of aromatic amines is 1. The molecule has 8 heteroatoms. The number of carbonyl (C=O) groups is 1. The lowest BCUT2D eigenvalue weighted by molar-refractivity contribution is -0.384. The fraction of sp³-hybridized carbons (Fsp3) is 0.125. The average molecular weight is 345 g/mol. The van der Waals surface area contributed by atoms with E-state index in [2.05, 4.69) is 15.3 Å². The van der Waals surface area contributed by atoms with E-state index in [1.807, 2.05) is 24.3 Å². The van der Waals surface area contributed by atoms with E-state index in [4.69, 9.17) is 11.6 Å². The number of non-ortho nitro benzene ring substituents is 1. The SMILES string of the molecule is O=C(CCCl)Nc1cc([N+](=O)[O-])ccc1-c1nc2ccccc2[nH]1. The van der Waals surface area contributed by atoms with Crippen molar-refractivity contribution in [3.8, 4) is 11.4 Å². The molecule has 0 fully saturated rings. The molecule has 0 aliphatic heterocycles. The van der Waals surface area contributed by atoms with Crippen LogP contribution in [0.3, 0.4) is 0 Å². The van der Waals surface area contributed by atoms with Crippen molar-refractivity contribution in [2.45, 2.75) is 6.42 Å². The molecule has 2 aromatic carbocycles. The molecule has 0 spiro atoms. The van der Waals surface area contributed by atoms with Crippen molar-refractivity contribution in [3.63, 3.8) is 0 Å². The number of nitrogens with zero attached hydrogens (tertiary/aromatic N) is 2. The molecule has 122 valence electrons. The molecule has 0 bridgehead atoms. The van der Waals surface area contributed by atoms with Gasteiger partial charge in [-0.25, -0.2) is 4.98 Å². The molecule has 2 N–H and O–H groups in total. The molecular weight excluding hydrogens is 332 g/mol. The third kappa shape index (κ3) is 3.21. The molecule has 3 rings (SSSR count). The molecule has 1 aromatic heterocycles. The maximum absolute atomic E-state index is 11.9. The van der Waals surface area contributed by atoms with E-state index in [1.165, 1.54) is 12.1 Å². The van der Waals surface area contributed by atoms with Gasteiger partial charge in [0.15, 0.2) is 0 Å². The first kappa shape index (κ1) is 15.9. The van der Waals surface area contributed by atoms with Gasteiger partial charge >= 0.3 is 0 Å². The summed E-state index contributed by atoms with van der Waals surface area (Å²) >= 11 is 5.57. The number of imidazole rings is 1. The molecule has 1 amide bonds. The second-order valence-electron chi connectivity index (χ2n) is 5.08. The van der Waals surface area contributed by atoms with Crippen LogP contribution in [0.4, 0.5) is 11.4 Å². The smallest absolute Gasteiger partial charge is 0.271 e. The fourth-order valence-corrected chi connectivity index (χ4v) is 2.51. The first-order chi connectivity index (χ1) is 11.6. The van der Waals surface area contributed by atoms with Crippen LogP contribution in [0.25, 0.3) is 22.4 Å². The monoisotopic (exact) mass is 344 g/mol. The van der Waals surface area contributed by atoms with E-state index in [-0.39, 0.29) is 23.9 Å². The summed E-state index contributed by atoms with van der Waals surface area (Å²) in [5, 5.41) is 13.7. The maximum atomic E-state index is 11.9. The van der Waals surface area contributed by atoms with E-state index < -0.39 is 4.92 Å². The predicted octanol–water partition coefficient (Wildman–Crippen LogP) is 3.71. The van der Waals surface area contributed by atoms with Gasteiger partial charge in [-0.2, -0.15) is 0 Å². The van der Waals surface area contributed by atoms with Gasteiger partial charge in [0.1, 0.15) is 5.82 Å². The van der Waals surface area contributed by atoms with E-state index in [1.54, 1.807) is 6.07 Å². The number of fused-ring (bicyclic) bond motifs is 1. The number of nitro groups is 1. The van der Waals surface area contributed by atoms with Gasteiger partial charge in [-0.1, -0.05) is 12.1 Å². The van der Waals surface area contributed by atoms with E-state index in [0.717, 1.165) is 11.0 Å². The predicted molar refractivity (Wildman–Crippen MR) is 92.2 cm³/mol. The summed E-state index contributed by atoms with van der Waals surface area (Å²) < 4.78 is 0. The number of alkyl halides is 1. The highest BCUT2D eigenvalue weighted by Gasteiger charge is 2.16. The Morgan fingerprint density at radius 3 is 2.79 bits per heavy atom. The van der Waals surface area contributed by atoms with Crippen LogP contribution in [0.5, 0.6) is 0 Å². The molecule has 1 heterocycles. The highest BCUT2D eigenvalue weighted by Crippen LogP contribution is 2.31. The highest BCUT2D eigenvalue weighted by atomic mass is 35.5. The Bertz CT molecular complexity index is 890. The number of nitro benzene ring substituents is 1. The van der Waals surface area contributed by atoms with Crippen molar-refractivity contribution in [3.05, 3.63) is 52.6 Å². The van der Waals surface area contributed by atoms with Gasteiger partial charge in [-0.05, 0) is 18.2 Å². The molecule has 0 saturated heterocycles. The lowest BCUT2D eigenvalue weighted by Crippen LogP contribution is -2.12. The molecule has 0 radical (unpaired) electrons. The van der Waals surface area contributed by atoms with Gasteiger partial charge in [0.05, 0.1) is 21.6 Å². The highest BCUT2D eigenvalue weighted by molar-refractivity contribution is 6.19. The number of anilines is 1. The Kier molecular flexibility index (Phi) is 4.43. The summed E-state index contributed by atoms with van der Waals surface area (Å²) in [5.74, 6) is 0.371. The number of hydrogen-bond donors (Lipinski definition) is 2. The van der Waals surface area contributed by atoms with Crippen LogP contribution in [0.15, 0.2) is 42.5 Å². The fourth-order valence-electron chi connectivity index (χ4n) is 2.33. The first-order valence-corrected chi connectivity index (χ1v) is 7.71. The summed E-state index contributed by atoms with van der Waals surface area (Å²) in [4.78, 5) is 30.0. The Morgan fingerprint density at radius 1 is 1.29 bits per heavy atom. The van der Waals surface area contributed by atoms with Crippen LogP contribution in [0, 0.1) is 10.1 Å². The van der Waals surface area contributed by atoms with Crippen LogP contribution in [-0.2, 0) is 4.79 Å². The minimum atomic E-state index is -0.514. The largest absolute Gasteiger partial charge is 0.338 e. The van der Waals surface area contributed by atoms with Gasteiger partial charge in [0, 0.05) is 30.0 Å². The molecule has 0 unspecified atom stereocenters.